The molecule has 2 bridgehead atoms. The fraction of sp³-hybridized carbons (Fsp3) is 0.600. The second kappa shape index (κ2) is 14.5. The third-order valence-corrected chi connectivity index (χ3v) is 10.6. The number of allylic oxidation sites excluding steroid dienone is 2. The Balaban J connectivity index is 1.80. The summed E-state index contributed by atoms with van der Waals surface area (Å²) >= 11 is 1.49. The number of amides is 1. The van der Waals surface area contributed by atoms with Gasteiger partial charge in [0.1, 0.15) is 0 Å². The molecule has 0 radical (unpaired) electrons. The van der Waals surface area contributed by atoms with Crippen molar-refractivity contribution in [3.8, 4) is 0 Å². The van der Waals surface area contributed by atoms with Gasteiger partial charge in [-0.15, -0.1) is 11.3 Å². The zero-order chi connectivity index (χ0) is 31.2. The van der Waals surface area contributed by atoms with Crippen LogP contribution in [0.25, 0.3) is 0 Å². The summed E-state index contributed by atoms with van der Waals surface area (Å²) in [6.07, 6.45) is 6.52. The number of carbonyl (C=O) groups excluding carboxylic acids is 2. The van der Waals surface area contributed by atoms with Crippen LogP contribution in [0.3, 0.4) is 0 Å². The molecule has 7 nitrogen and oxygen atoms in total. The molecule has 1 aromatic heterocycles. The first-order valence-electron chi connectivity index (χ1n) is 15.7. The van der Waals surface area contributed by atoms with E-state index < -0.39 is 23.2 Å². The predicted molar refractivity (Wildman–Crippen MR) is 171 cm³/mol. The van der Waals surface area contributed by atoms with E-state index in [1.807, 2.05) is 31.2 Å². The molecule has 1 aromatic carbocycles. The normalized spacial score (nSPS) is 26.0. The summed E-state index contributed by atoms with van der Waals surface area (Å²) in [7, 11) is 1.64. The molecular weight excluding hydrogens is 562 g/mol. The molecule has 4 atom stereocenters. The molecule has 1 heterocycles. The SMILES string of the molecule is CCOC(=O)N(CCCOC)CC1(O)CCC2c3ccc(cc3C(=O)c3ccc(C)s3)CC(O)CCC(C)=CCCC21C. The first kappa shape index (κ1) is 33.4. The van der Waals surface area contributed by atoms with Crippen LogP contribution in [0, 0.1) is 12.3 Å². The van der Waals surface area contributed by atoms with Gasteiger partial charge in [-0.3, -0.25) is 4.79 Å². The Morgan fingerprint density at radius 3 is 2.63 bits per heavy atom. The molecule has 43 heavy (non-hydrogen) atoms. The largest absolute Gasteiger partial charge is 0.450 e. The summed E-state index contributed by atoms with van der Waals surface area (Å²) in [6.45, 7) is 9.37. The number of thiophene rings is 1. The zero-order valence-corrected chi connectivity index (χ0v) is 27.3. The lowest BCUT2D eigenvalue weighted by atomic mass is 9.64. The van der Waals surface area contributed by atoms with E-state index in [4.69, 9.17) is 9.47 Å². The van der Waals surface area contributed by atoms with Crippen LogP contribution in [0.15, 0.2) is 42.0 Å². The maximum absolute atomic E-state index is 14.1. The van der Waals surface area contributed by atoms with Gasteiger partial charge in [-0.1, -0.05) is 30.7 Å². The number of nitrogens with zero attached hydrogens (tertiary/aromatic N) is 1. The second-order valence-electron chi connectivity index (χ2n) is 12.7. The molecule has 3 aliphatic rings. The standard InChI is InChI=1S/C35H49NO6S/c1-6-42-33(39)36(19-8-20-41-5)23-35(40)18-16-30-28-14-12-26(22-29(28)32(38)31-15-11-25(3)43-31)21-27(37)13-10-24(2)9-7-17-34(30,35)4/h9,11-12,14-15,22,27,30,37,40H,6-8,10,13,16-21,23H2,1-5H3. The minimum Gasteiger partial charge on any atom is -0.450 e. The zero-order valence-electron chi connectivity index (χ0n) is 26.5. The van der Waals surface area contributed by atoms with Gasteiger partial charge in [0.05, 0.1) is 29.7 Å². The number of hydrogen-bond donors (Lipinski definition) is 2. The van der Waals surface area contributed by atoms with Gasteiger partial charge in [0.25, 0.3) is 0 Å². The fourth-order valence-electron chi connectivity index (χ4n) is 7.05. The summed E-state index contributed by atoms with van der Waals surface area (Å²) in [6, 6.07) is 9.92. The molecule has 3 aliphatic carbocycles. The second-order valence-corrected chi connectivity index (χ2v) is 13.9. The van der Waals surface area contributed by atoms with Crippen molar-refractivity contribution >= 4 is 23.2 Å². The monoisotopic (exact) mass is 611 g/mol. The molecular formula is C35H49NO6S. The summed E-state index contributed by atoms with van der Waals surface area (Å²) in [4.78, 5) is 30.5. The highest BCUT2D eigenvalue weighted by molar-refractivity contribution is 7.14. The van der Waals surface area contributed by atoms with Gasteiger partial charge >= 0.3 is 6.09 Å². The first-order chi connectivity index (χ1) is 20.5. The lowest BCUT2D eigenvalue weighted by Gasteiger charge is -2.46. The van der Waals surface area contributed by atoms with E-state index in [-0.39, 0.29) is 24.9 Å². The van der Waals surface area contributed by atoms with Crippen molar-refractivity contribution in [3.05, 3.63) is 68.4 Å². The number of rotatable bonds is 9. The Morgan fingerprint density at radius 1 is 1.14 bits per heavy atom. The van der Waals surface area contributed by atoms with Gasteiger partial charge in [0, 0.05) is 36.1 Å². The van der Waals surface area contributed by atoms with Crippen LogP contribution in [0.5, 0.6) is 0 Å². The number of aliphatic hydroxyl groups is 2. The smallest absolute Gasteiger partial charge is 0.409 e. The minimum absolute atomic E-state index is 0.0159. The van der Waals surface area contributed by atoms with E-state index in [9.17, 15) is 19.8 Å². The molecule has 5 rings (SSSR count). The van der Waals surface area contributed by atoms with E-state index in [0.29, 0.717) is 62.1 Å². The van der Waals surface area contributed by atoms with Crippen LogP contribution >= 0.6 is 11.3 Å². The van der Waals surface area contributed by atoms with Crippen molar-refractivity contribution in [1.29, 1.82) is 0 Å². The number of hydrogen-bond acceptors (Lipinski definition) is 7. The molecule has 1 amide bonds. The van der Waals surface area contributed by atoms with Gasteiger partial charge in [0.2, 0.25) is 5.78 Å². The molecule has 0 saturated heterocycles. The van der Waals surface area contributed by atoms with Crippen LogP contribution in [0.2, 0.25) is 0 Å². The van der Waals surface area contributed by atoms with E-state index in [1.54, 1.807) is 18.9 Å². The average Bonchev–Trinajstić information content (AvgIpc) is 3.51. The highest BCUT2D eigenvalue weighted by atomic mass is 32.1. The highest BCUT2D eigenvalue weighted by Crippen LogP contribution is 2.59. The van der Waals surface area contributed by atoms with Gasteiger partial charge < -0.3 is 24.6 Å². The number of aliphatic hydroxyl groups excluding tert-OH is 1. The Hall–Kier alpha value is -2.52. The third-order valence-electron chi connectivity index (χ3n) is 9.64. The molecule has 2 aromatic rings. The van der Waals surface area contributed by atoms with E-state index in [1.165, 1.54) is 16.9 Å². The molecule has 8 heteroatoms. The Labute approximate surface area is 260 Å². The number of fused-ring (bicyclic) bond motifs is 8. The molecule has 0 aliphatic heterocycles. The number of carbonyl (C=O) groups is 2. The van der Waals surface area contributed by atoms with Crippen molar-refractivity contribution < 1.29 is 29.3 Å². The average molecular weight is 612 g/mol. The lowest BCUT2D eigenvalue weighted by Crippen LogP contribution is -2.54. The Bertz CT molecular complexity index is 1300. The Kier molecular flexibility index (Phi) is 11.3. The molecule has 4 unspecified atom stereocenters. The fourth-order valence-corrected chi connectivity index (χ4v) is 7.87. The van der Waals surface area contributed by atoms with Gasteiger partial charge in [0.15, 0.2) is 0 Å². The summed E-state index contributed by atoms with van der Waals surface area (Å²) in [5.74, 6) is -0.117. The summed E-state index contributed by atoms with van der Waals surface area (Å²) < 4.78 is 10.6. The minimum atomic E-state index is -1.19. The maximum atomic E-state index is 14.1. The van der Waals surface area contributed by atoms with Gasteiger partial charge in [-0.25, -0.2) is 4.79 Å². The van der Waals surface area contributed by atoms with Crippen molar-refractivity contribution in [2.75, 3.05) is 33.4 Å². The quantitative estimate of drug-likeness (QED) is 0.184. The maximum Gasteiger partial charge on any atom is 0.409 e. The number of methoxy groups -OCH3 is 1. The topological polar surface area (TPSA) is 96.3 Å². The van der Waals surface area contributed by atoms with Crippen LogP contribution in [0.4, 0.5) is 4.79 Å². The Morgan fingerprint density at radius 2 is 1.93 bits per heavy atom. The van der Waals surface area contributed by atoms with E-state index in [0.717, 1.165) is 28.8 Å². The van der Waals surface area contributed by atoms with Crippen LogP contribution < -0.4 is 0 Å². The third kappa shape index (κ3) is 7.59. The molecule has 2 N–H and O–H groups in total. The molecule has 0 spiro atoms. The predicted octanol–water partition coefficient (Wildman–Crippen LogP) is 6.82. The van der Waals surface area contributed by atoms with Crippen LogP contribution in [-0.2, 0) is 15.9 Å². The number of benzene rings is 1. The number of aryl methyl sites for hydroxylation is 1. The summed E-state index contributed by atoms with van der Waals surface area (Å²) in [5.41, 5.74) is 1.94. The van der Waals surface area contributed by atoms with Crippen LogP contribution in [0.1, 0.15) is 103 Å². The lowest BCUT2D eigenvalue weighted by molar-refractivity contribution is -0.0814. The highest BCUT2D eigenvalue weighted by Gasteiger charge is 2.57. The summed E-state index contributed by atoms with van der Waals surface area (Å²) in [5, 5.41) is 23.4. The van der Waals surface area contributed by atoms with Crippen molar-refractivity contribution in [2.45, 2.75) is 96.7 Å². The van der Waals surface area contributed by atoms with Crippen LogP contribution in [-0.4, -0.2) is 72.1 Å². The van der Waals surface area contributed by atoms with E-state index >= 15 is 0 Å². The molecule has 1 fully saturated rings. The van der Waals surface area contributed by atoms with Crippen molar-refractivity contribution in [3.63, 3.8) is 0 Å². The van der Waals surface area contributed by atoms with Gasteiger partial charge in [-0.05, 0) is 107 Å². The van der Waals surface area contributed by atoms with E-state index in [2.05, 4.69) is 26.0 Å². The molecule has 236 valence electrons. The first-order valence-corrected chi connectivity index (χ1v) is 16.5. The van der Waals surface area contributed by atoms with Gasteiger partial charge in [-0.2, -0.15) is 0 Å². The van der Waals surface area contributed by atoms with Crippen molar-refractivity contribution in [1.82, 2.24) is 4.90 Å². The van der Waals surface area contributed by atoms with Crippen molar-refractivity contribution in [2.24, 2.45) is 5.41 Å². The number of ether oxygens (including phenoxy) is 2. The molecule has 1 saturated carbocycles. The number of ketones is 1.